The number of carbonyl (C=O) groups excluding carboxylic acids is 1. The summed E-state index contributed by atoms with van der Waals surface area (Å²) in [5.74, 6) is 2.39. The van der Waals surface area contributed by atoms with E-state index >= 15 is 0 Å². The van der Waals surface area contributed by atoms with Crippen molar-refractivity contribution < 1.29 is 9.53 Å². The number of hydrogen-bond donors (Lipinski definition) is 1. The van der Waals surface area contributed by atoms with Crippen molar-refractivity contribution in [3.05, 3.63) is 60.8 Å². The molecule has 0 saturated carbocycles. The molecule has 4 heterocycles. The lowest BCUT2D eigenvalue weighted by molar-refractivity contribution is -0.119. The standard InChI is InChI=1S/C26H24N8O2/c1-15-8-9-34(25(15)35)26-27-12-20-23(32-26)24(29-13-28-20)31-17-4-7-22(16(2)10-17)36-18-5-6-21-19(11-18)30-14-33(21)3/h4-7,10-15H,8-9H2,1-3H3,(H,28,29,31). The second-order valence-electron chi connectivity index (χ2n) is 9.02. The lowest BCUT2D eigenvalue weighted by Gasteiger charge is -2.15. The summed E-state index contributed by atoms with van der Waals surface area (Å²) in [6.45, 7) is 4.51. The number of imidazole rings is 1. The Morgan fingerprint density at radius 2 is 1.94 bits per heavy atom. The van der Waals surface area contributed by atoms with Crippen LogP contribution in [0, 0.1) is 12.8 Å². The van der Waals surface area contributed by atoms with Gasteiger partial charge in [0.1, 0.15) is 28.9 Å². The van der Waals surface area contributed by atoms with E-state index in [-0.39, 0.29) is 11.8 Å². The molecule has 0 spiro atoms. The van der Waals surface area contributed by atoms with Gasteiger partial charge in [0.25, 0.3) is 0 Å². The van der Waals surface area contributed by atoms with Crippen LogP contribution in [0.15, 0.2) is 55.2 Å². The van der Waals surface area contributed by atoms with Crippen LogP contribution in [0.2, 0.25) is 0 Å². The molecule has 1 amide bonds. The number of aryl methyl sites for hydroxylation is 2. The molecule has 1 atom stereocenters. The van der Waals surface area contributed by atoms with Gasteiger partial charge in [0.05, 0.1) is 23.6 Å². The molecule has 1 unspecified atom stereocenters. The molecule has 0 aliphatic carbocycles. The maximum absolute atomic E-state index is 12.5. The number of rotatable bonds is 5. The average Bonchev–Trinajstić information content (AvgIpc) is 3.42. The van der Waals surface area contributed by atoms with Crippen molar-refractivity contribution >= 4 is 45.4 Å². The summed E-state index contributed by atoms with van der Waals surface area (Å²) < 4.78 is 8.10. The van der Waals surface area contributed by atoms with Crippen molar-refractivity contribution in [2.45, 2.75) is 20.3 Å². The molecular formula is C26H24N8O2. The number of fused-ring (bicyclic) bond motifs is 2. The Hall–Kier alpha value is -4.60. The highest BCUT2D eigenvalue weighted by Crippen LogP contribution is 2.31. The molecule has 1 saturated heterocycles. The number of aromatic nitrogens is 6. The maximum atomic E-state index is 12.5. The van der Waals surface area contributed by atoms with Crippen LogP contribution in [0.4, 0.5) is 17.5 Å². The van der Waals surface area contributed by atoms with Gasteiger partial charge in [-0.2, -0.15) is 0 Å². The van der Waals surface area contributed by atoms with E-state index in [9.17, 15) is 4.79 Å². The Labute approximate surface area is 207 Å². The number of carbonyl (C=O) groups is 1. The number of ether oxygens (including phenoxy) is 1. The third-order valence-electron chi connectivity index (χ3n) is 6.44. The number of benzene rings is 2. The van der Waals surface area contributed by atoms with E-state index in [1.807, 2.05) is 61.9 Å². The molecule has 1 fully saturated rings. The summed E-state index contributed by atoms with van der Waals surface area (Å²) in [7, 11) is 1.96. The third-order valence-corrected chi connectivity index (χ3v) is 6.44. The van der Waals surface area contributed by atoms with Crippen molar-refractivity contribution in [3.63, 3.8) is 0 Å². The zero-order valence-electron chi connectivity index (χ0n) is 20.1. The fourth-order valence-electron chi connectivity index (χ4n) is 4.37. The minimum atomic E-state index is -0.0245. The van der Waals surface area contributed by atoms with Crippen molar-refractivity contribution in [3.8, 4) is 11.5 Å². The molecule has 10 nitrogen and oxygen atoms in total. The number of nitrogens with zero attached hydrogens (tertiary/aromatic N) is 7. The molecule has 36 heavy (non-hydrogen) atoms. The monoisotopic (exact) mass is 480 g/mol. The molecule has 3 aromatic heterocycles. The molecule has 2 aromatic carbocycles. The molecule has 0 bridgehead atoms. The molecule has 5 aromatic rings. The molecule has 6 rings (SSSR count). The van der Waals surface area contributed by atoms with Gasteiger partial charge in [-0.25, -0.2) is 24.9 Å². The van der Waals surface area contributed by atoms with Gasteiger partial charge < -0.3 is 14.6 Å². The average molecular weight is 481 g/mol. The Kier molecular flexibility index (Phi) is 5.21. The fourth-order valence-corrected chi connectivity index (χ4v) is 4.37. The minimum absolute atomic E-state index is 0.0245. The Morgan fingerprint density at radius 1 is 1.06 bits per heavy atom. The highest BCUT2D eigenvalue weighted by molar-refractivity contribution is 5.96. The Balaban J connectivity index is 1.26. The van der Waals surface area contributed by atoms with E-state index in [4.69, 9.17) is 4.74 Å². The molecule has 0 radical (unpaired) electrons. The normalized spacial score (nSPS) is 15.7. The van der Waals surface area contributed by atoms with Crippen molar-refractivity contribution in [2.24, 2.45) is 13.0 Å². The number of amides is 1. The first kappa shape index (κ1) is 21.9. The van der Waals surface area contributed by atoms with Crippen LogP contribution in [0.25, 0.3) is 22.1 Å². The van der Waals surface area contributed by atoms with E-state index in [1.54, 1.807) is 17.4 Å². The number of anilines is 3. The zero-order chi connectivity index (χ0) is 24.8. The third kappa shape index (κ3) is 3.86. The summed E-state index contributed by atoms with van der Waals surface area (Å²) in [4.78, 5) is 36.2. The van der Waals surface area contributed by atoms with Gasteiger partial charge in [-0.3, -0.25) is 9.69 Å². The first-order chi connectivity index (χ1) is 17.5. The van der Waals surface area contributed by atoms with Gasteiger partial charge in [-0.1, -0.05) is 6.92 Å². The van der Waals surface area contributed by atoms with E-state index in [0.717, 1.165) is 40.2 Å². The van der Waals surface area contributed by atoms with Crippen LogP contribution < -0.4 is 15.0 Å². The molecule has 10 heteroatoms. The second-order valence-corrected chi connectivity index (χ2v) is 9.02. The van der Waals surface area contributed by atoms with Crippen LogP contribution in [0.3, 0.4) is 0 Å². The molecule has 1 N–H and O–H groups in total. The van der Waals surface area contributed by atoms with Crippen LogP contribution in [0.1, 0.15) is 18.9 Å². The molecule has 180 valence electrons. The van der Waals surface area contributed by atoms with E-state index in [1.165, 1.54) is 6.33 Å². The van der Waals surface area contributed by atoms with Gasteiger partial charge >= 0.3 is 0 Å². The summed E-state index contributed by atoms with van der Waals surface area (Å²) in [6, 6.07) is 11.7. The second kappa shape index (κ2) is 8.56. The number of nitrogens with one attached hydrogen (secondary N) is 1. The van der Waals surface area contributed by atoms with Gasteiger partial charge in [-0.05, 0) is 49.2 Å². The Bertz CT molecular complexity index is 1630. The van der Waals surface area contributed by atoms with Gasteiger partial charge in [-0.15, -0.1) is 0 Å². The van der Waals surface area contributed by atoms with Crippen LogP contribution >= 0.6 is 0 Å². The SMILES string of the molecule is Cc1cc(Nc2ncnc3cnc(N4CCC(C)C4=O)nc23)ccc1Oc1ccc2c(c1)ncn2C. The summed E-state index contributed by atoms with van der Waals surface area (Å²) in [6.07, 6.45) is 5.67. The maximum Gasteiger partial charge on any atom is 0.232 e. The predicted molar refractivity (Wildman–Crippen MR) is 137 cm³/mol. The summed E-state index contributed by atoms with van der Waals surface area (Å²) in [5, 5.41) is 3.33. The summed E-state index contributed by atoms with van der Waals surface area (Å²) in [5.41, 5.74) is 4.85. The highest BCUT2D eigenvalue weighted by atomic mass is 16.5. The fraction of sp³-hybridized carbons (Fsp3) is 0.231. The lowest BCUT2D eigenvalue weighted by Crippen LogP contribution is -2.28. The van der Waals surface area contributed by atoms with Crippen molar-refractivity contribution in [2.75, 3.05) is 16.8 Å². The minimum Gasteiger partial charge on any atom is -0.457 e. The first-order valence-electron chi connectivity index (χ1n) is 11.7. The van der Waals surface area contributed by atoms with Gasteiger partial charge in [0, 0.05) is 31.3 Å². The van der Waals surface area contributed by atoms with Crippen LogP contribution in [-0.2, 0) is 11.8 Å². The highest BCUT2D eigenvalue weighted by Gasteiger charge is 2.31. The molecule has 1 aliphatic heterocycles. The first-order valence-corrected chi connectivity index (χ1v) is 11.7. The van der Waals surface area contributed by atoms with Crippen LogP contribution in [0.5, 0.6) is 11.5 Å². The van der Waals surface area contributed by atoms with Crippen LogP contribution in [-0.4, -0.2) is 41.9 Å². The summed E-state index contributed by atoms with van der Waals surface area (Å²) >= 11 is 0. The largest absolute Gasteiger partial charge is 0.457 e. The van der Waals surface area contributed by atoms with Crippen molar-refractivity contribution in [1.82, 2.24) is 29.5 Å². The predicted octanol–water partition coefficient (Wildman–Crippen LogP) is 4.52. The topological polar surface area (TPSA) is 111 Å². The molecular weight excluding hydrogens is 456 g/mol. The van der Waals surface area contributed by atoms with Gasteiger partial charge in [0.15, 0.2) is 5.82 Å². The quantitative estimate of drug-likeness (QED) is 0.391. The van der Waals surface area contributed by atoms with Crippen molar-refractivity contribution in [1.29, 1.82) is 0 Å². The Morgan fingerprint density at radius 3 is 2.75 bits per heavy atom. The number of hydrogen-bond acceptors (Lipinski definition) is 8. The smallest absolute Gasteiger partial charge is 0.232 e. The van der Waals surface area contributed by atoms with E-state index in [2.05, 4.69) is 30.2 Å². The molecule has 1 aliphatic rings. The van der Waals surface area contributed by atoms with E-state index < -0.39 is 0 Å². The van der Waals surface area contributed by atoms with Gasteiger partial charge in [0.2, 0.25) is 11.9 Å². The van der Waals surface area contributed by atoms with E-state index in [0.29, 0.717) is 29.3 Å². The lowest BCUT2D eigenvalue weighted by atomic mass is 10.1. The zero-order valence-corrected chi connectivity index (χ0v) is 20.1.